The van der Waals surface area contributed by atoms with Crippen molar-refractivity contribution in [3.63, 3.8) is 0 Å². The van der Waals surface area contributed by atoms with Crippen LogP contribution in [0.4, 0.5) is 18.3 Å². The third kappa shape index (κ3) is 6.32. The Hall–Kier alpha value is -2.92. The van der Waals surface area contributed by atoms with Gasteiger partial charge in [0, 0.05) is 36.5 Å². The Morgan fingerprint density at radius 1 is 1.15 bits per heavy atom. The molecule has 11 heteroatoms. The first kappa shape index (κ1) is 23.2. The standard InChI is InChI=1S/C22H20F3N3O3S2/c23-22(24,25)31-16-5-3-14(4-6-16)12-17-13-26-21(33-17)27-19(29)15-7-9-28(10-8-15)20(30)18-2-1-11-32-18/h1-6,11,13,15H,7-10,12H2,(H,26,27,29). The van der Waals surface area contributed by atoms with Gasteiger partial charge in [0.05, 0.1) is 4.88 Å². The molecule has 0 aliphatic carbocycles. The summed E-state index contributed by atoms with van der Waals surface area (Å²) >= 11 is 2.73. The largest absolute Gasteiger partial charge is 0.573 e. The molecule has 2 amide bonds. The van der Waals surface area contributed by atoms with Gasteiger partial charge in [-0.2, -0.15) is 0 Å². The summed E-state index contributed by atoms with van der Waals surface area (Å²) in [4.78, 5) is 32.7. The SMILES string of the molecule is O=C(Nc1ncc(Cc2ccc(OC(F)(F)F)cc2)s1)C1CCN(C(=O)c2cccs2)CC1. The van der Waals surface area contributed by atoms with Crippen LogP contribution >= 0.6 is 22.7 Å². The molecule has 1 aliphatic heterocycles. The van der Waals surface area contributed by atoms with Crippen molar-refractivity contribution in [1.82, 2.24) is 9.88 Å². The average molecular weight is 496 g/mol. The Labute approximate surface area is 196 Å². The number of halogens is 3. The molecule has 174 valence electrons. The van der Waals surface area contributed by atoms with Gasteiger partial charge in [-0.3, -0.25) is 9.59 Å². The number of nitrogens with zero attached hydrogens (tertiary/aromatic N) is 2. The van der Waals surface area contributed by atoms with Gasteiger partial charge in [0.2, 0.25) is 5.91 Å². The molecule has 1 fully saturated rings. The molecule has 6 nitrogen and oxygen atoms in total. The van der Waals surface area contributed by atoms with Crippen molar-refractivity contribution < 1.29 is 27.5 Å². The van der Waals surface area contributed by atoms with E-state index < -0.39 is 6.36 Å². The highest BCUT2D eigenvalue weighted by Crippen LogP contribution is 2.27. The van der Waals surface area contributed by atoms with Crippen molar-refractivity contribution in [3.8, 4) is 5.75 Å². The van der Waals surface area contributed by atoms with E-state index >= 15 is 0 Å². The summed E-state index contributed by atoms with van der Waals surface area (Å²) in [7, 11) is 0. The molecule has 3 heterocycles. The first-order chi connectivity index (χ1) is 15.8. The van der Waals surface area contributed by atoms with E-state index in [0.717, 1.165) is 10.4 Å². The topological polar surface area (TPSA) is 71.5 Å². The van der Waals surface area contributed by atoms with Crippen LogP contribution in [0, 0.1) is 5.92 Å². The van der Waals surface area contributed by atoms with E-state index in [-0.39, 0.29) is 23.5 Å². The highest BCUT2D eigenvalue weighted by molar-refractivity contribution is 7.15. The van der Waals surface area contributed by atoms with Crippen molar-refractivity contribution in [1.29, 1.82) is 0 Å². The van der Waals surface area contributed by atoms with Crippen LogP contribution in [0.2, 0.25) is 0 Å². The molecule has 1 N–H and O–H groups in total. The van der Waals surface area contributed by atoms with Crippen molar-refractivity contribution in [3.05, 3.63) is 63.3 Å². The number of amides is 2. The molecular weight excluding hydrogens is 475 g/mol. The maximum absolute atomic E-state index is 12.6. The van der Waals surface area contributed by atoms with Crippen LogP contribution in [0.25, 0.3) is 0 Å². The maximum atomic E-state index is 12.6. The van der Waals surface area contributed by atoms with E-state index in [0.29, 0.717) is 42.4 Å². The van der Waals surface area contributed by atoms with E-state index in [2.05, 4.69) is 15.0 Å². The number of carbonyl (C=O) groups is 2. The van der Waals surface area contributed by atoms with Crippen LogP contribution in [-0.2, 0) is 11.2 Å². The summed E-state index contributed by atoms with van der Waals surface area (Å²) in [5, 5.41) is 5.19. The lowest BCUT2D eigenvalue weighted by molar-refractivity contribution is -0.274. The zero-order chi connectivity index (χ0) is 23.4. The lowest BCUT2D eigenvalue weighted by Crippen LogP contribution is -2.41. The highest BCUT2D eigenvalue weighted by atomic mass is 32.1. The minimum absolute atomic E-state index is 0.00595. The number of likely N-dealkylation sites (tertiary alicyclic amines) is 1. The second kappa shape index (κ2) is 9.92. The number of piperidine rings is 1. The number of carbonyl (C=O) groups excluding carboxylic acids is 2. The fraction of sp³-hybridized carbons (Fsp3) is 0.318. The van der Waals surface area contributed by atoms with Gasteiger partial charge in [-0.15, -0.1) is 35.8 Å². The van der Waals surface area contributed by atoms with E-state index in [1.54, 1.807) is 29.3 Å². The van der Waals surface area contributed by atoms with Crippen LogP contribution < -0.4 is 10.1 Å². The zero-order valence-electron chi connectivity index (χ0n) is 17.3. The Bertz CT molecular complexity index is 1090. The van der Waals surface area contributed by atoms with Crippen molar-refractivity contribution >= 4 is 39.6 Å². The van der Waals surface area contributed by atoms with E-state index in [4.69, 9.17) is 0 Å². The van der Waals surface area contributed by atoms with Gasteiger partial charge in [0.25, 0.3) is 5.91 Å². The molecule has 33 heavy (non-hydrogen) atoms. The smallest absolute Gasteiger partial charge is 0.406 e. The molecular formula is C22H20F3N3O3S2. The number of thiazole rings is 1. The summed E-state index contributed by atoms with van der Waals surface area (Å²) in [5.74, 6) is -0.572. The summed E-state index contributed by atoms with van der Waals surface area (Å²) in [6.45, 7) is 1.07. The molecule has 1 saturated heterocycles. The van der Waals surface area contributed by atoms with Crippen LogP contribution in [0.5, 0.6) is 5.75 Å². The van der Waals surface area contributed by atoms with E-state index in [9.17, 15) is 22.8 Å². The normalized spacial score (nSPS) is 14.8. The van der Waals surface area contributed by atoms with Crippen molar-refractivity contribution in [2.45, 2.75) is 25.6 Å². The summed E-state index contributed by atoms with van der Waals surface area (Å²) in [5.41, 5.74) is 0.800. The van der Waals surface area contributed by atoms with Gasteiger partial charge in [-0.25, -0.2) is 4.98 Å². The molecule has 1 aromatic carbocycles. The van der Waals surface area contributed by atoms with Crippen molar-refractivity contribution in [2.24, 2.45) is 5.92 Å². The Morgan fingerprint density at radius 2 is 1.88 bits per heavy atom. The molecule has 0 radical (unpaired) electrons. The third-order valence-electron chi connectivity index (χ3n) is 5.20. The van der Waals surface area contributed by atoms with Gasteiger partial charge < -0.3 is 15.0 Å². The van der Waals surface area contributed by atoms with Gasteiger partial charge >= 0.3 is 6.36 Å². The molecule has 0 atom stereocenters. The number of hydrogen-bond donors (Lipinski definition) is 1. The van der Waals surface area contributed by atoms with E-state index in [1.807, 2.05) is 11.4 Å². The second-order valence-corrected chi connectivity index (χ2v) is 9.60. The number of alkyl halides is 3. The number of hydrogen-bond acceptors (Lipinski definition) is 6. The minimum atomic E-state index is -4.72. The third-order valence-corrected chi connectivity index (χ3v) is 6.97. The fourth-order valence-electron chi connectivity index (χ4n) is 3.57. The number of thiophene rings is 1. The summed E-state index contributed by atoms with van der Waals surface area (Å²) in [6, 6.07) is 9.30. The second-order valence-electron chi connectivity index (χ2n) is 7.53. The number of benzene rings is 1. The van der Waals surface area contributed by atoms with Crippen LogP contribution in [0.1, 0.15) is 33.0 Å². The van der Waals surface area contributed by atoms with Gasteiger partial charge in [0.15, 0.2) is 5.13 Å². The van der Waals surface area contributed by atoms with Crippen LogP contribution in [0.15, 0.2) is 48.0 Å². The number of rotatable bonds is 6. The molecule has 0 bridgehead atoms. The van der Waals surface area contributed by atoms with Crippen LogP contribution in [0.3, 0.4) is 0 Å². The van der Waals surface area contributed by atoms with Crippen molar-refractivity contribution in [2.75, 3.05) is 18.4 Å². The molecule has 3 aromatic rings. The predicted molar refractivity (Wildman–Crippen MR) is 120 cm³/mol. The number of aromatic nitrogens is 1. The fourth-order valence-corrected chi connectivity index (χ4v) is 5.11. The predicted octanol–water partition coefficient (Wildman–Crippen LogP) is 5.18. The summed E-state index contributed by atoms with van der Waals surface area (Å²) in [6.07, 6.45) is -1.42. The minimum Gasteiger partial charge on any atom is -0.406 e. The van der Waals surface area contributed by atoms with E-state index in [1.165, 1.54) is 34.8 Å². The monoisotopic (exact) mass is 495 g/mol. The highest BCUT2D eigenvalue weighted by Gasteiger charge is 2.31. The molecule has 1 aliphatic rings. The lowest BCUT2D eigenvalue weighted by Gasteiger charge is -2.30. The summed E-state index contributed by atoms with van der Waals surface area (Å²) < 4.78 is 40.7. The lowest BCUT2D eigenvalue weighted by atomic mass is 9.96. The first-order valence-corrected chi connectivity index (χ1v) is 11.9. The molecule has 4 rings (SSSR count). The van der Waals surface area contributed by atoms with Crippen LogP contribution in [-0.4, -0.2) is 41.2 Å². The average Bonchev–Trinajstić information content (AvgIpc) is 3.46. The van der Waals surface area contributed by atoms with Gasteiger partial charge in [-0.1, -0.05) is 18.2 Å². The maximum Gasteiger partial charge on any atom is 0.573 e. The Morgan fingerprint density at radius 3 is 2.52 bits per heavy atom. The molecule has 0 spiro atoms. The molecule has 2 aromatic heterocycles. The number of nitrogens with one attached hydrogen (secondary N) is 1. The molecule has 0 saturated carbocycles. The van der Waals surface area contributed by atoms with Gasteiger partial charge in [0.1, 0.15) is 5.75 Å². The number of ether oxygens (including phenoxy) is 1. The Kier molecular flexibility index (Phi) is 6.99. The van der Waals surface area contributed by atoms with Gasteiger partial charge in [-0.05, 0) is 42.0 Å². The molecule has 0 unspecified atom stereocenters. The quantitative estimate of drug-likeness (QED) is 0.511. The Balaban J connectivity index is 1.26. The zero-order valence-corrected chi connectivity index (χ0v) is 18.9. The first-order valence-electron chi connectivity index (χ1n) is 10.2. The number of anilines is 1.